The molecule has 1 aromatic rings. The van der Waals surface area contributed by atoms with Gasteiger partial charge in [0.05, 0.1) is 12.7 Å². The van der Waals surface area contributed by atoms with Gasteiger partial charge in [-0.15, -0.1) is 6.58 Å². The van der Waals surface area contributed by atoms with E-state index in [2.05, 4.69) is 43.1 Å². The van der Waals surface area contributed by atoms with Crippen LogP contribution in [0.4, 0.5) is 0 Å². The van der Waals surface area contributed by atoms with Crippen LogP contribution < -0.4 is 5.32 Å². The number of hydrogen-bond donors (Lipinski definition) is 1. The molecule has 92 valence electrons. The highest BCUT2D eigenvalue weighted by Crippen LogP contribution is 2.26. The van der Waals surface area contributed by atoms with Crippen molar-refractivity contribution in [2.45, 2.75) is 31.9 Å². The summed E-state index contributed by atoms with van der Waals surface area (Å²) in [5.41, 5.74) is 2.78. The molecule has 2 rings (SSSR count). The summed E-state index contributed by atoms with van der Waals surface area (Å²) < 4.78 is 5.84. The Morgan fingerprint density at radius 3 is 3.18 bits per heavy atom. The Bertz CT molecular complexity index is 375. The van der Waals surface area contributed by atoms with Crippen molar-refractivity contribution in [1.29, 1.82) is 0 Å². The zero-order valence-electron chi connectivity index (χ0n) is 10.5. The van der Waals surface area contributed by atoms with Gasteiger partial charge in [-0.05, 0) is 30.9 Å². The lowest BCUT2D eigenvalue weighted by atomic mass is 9.97. The van der Waals surface area contributed by atoms with Crippen molar-refractivity contribution >= 4 is 0 Å². The number of benzene rings is 1. The molecule has 0 saturated carbocycles. The Labute approximate surface area is 104 Å². The molecule has 1 aliphatic heterocycles. The molecule has 1 N–H and O–H groups in total. The lowest BCUT2D eigenvalue weighted by Crippen LogP contribution is -2.33. The summed E-state index contributed by atoms with van der Waals surface area (Å²) in [5.74, 6) is 0. The van der Waals surface area contributed by atoms with Gasteiger partial charge in [-0.2, -0.15) is 0 Å². The molecule has 2 heteroatoms. The summed E-state index contributed by atoms with van der Waals surface area (Å²) in [7, 11) is 0. The number of nitrogens with one attached hydrogen (secondary N) is 1. The molecule has 17 heavy (non-hydrogen) atoms. The summed E-state index contributed by atoms with van der Waals surface area (Å²) in [6, 6.07) is 9.05. The van der Waals surface area contributed by atoms with E-state index in [4.69, 9.17) is 4.74 Å². The van der Waals surface area contributed by atoms with Gasteiger partial charge in [-0.25, -0.2) is 0 Å². The Morgan fingerprint density at radius 1 is 1.53 bits per heavy atom. The van der Waals surface area contributed by atoms with Gasteiger partial charge in [0.2, 0.25) is 0 Å². The van der Waals surface area contributed by atoms with Gasteiger partial charge in [-0.3, -0.25) is 0 Å². The summed E-state index contributed by atoms with van der Waals surface area (Å²) in [6.07, 6.45) is 4.18. The lowest BCUT2D eigenvalue weighted by Gasteiger charge is -2.27. The first-order valence-corrected chi connectivity index (χ1v) is 6.35. The van der Waals surface area contributed by atoms with Crippen LogP contribution in [0.3, 0.4) is 0 Å². The zero-order valence-corrected chi connectivity index (χ0v) is 10.5. The number of hydrogen-bond acceptors (Lipinski definition) is 2. The van der Waals surface area contributed by atoms with Crippen molar-refractivity contribution in [2.24, 2.45) is 0 Å². The molecule has 2 unspecified atom stereocenters. The van der Waals surface area contributed by atoms with Gasteiger partial charge in [0.15, 0.2) is 0 Å². The molecular weight excluding hydrogens is 210 g/mol. The fraction of sp³-hybridized carbons (Fsp3) is 0.467. The topological polar surface area (TPSA) is 21.3 Å². The molecule has 2 atom stereocenters. The molecule has 0 bridgehead atoms. The van der Waals surface area contributed by atoms with Crippen LogP contribution in [0.2, 0.25) is 0 Å². The number of fused-ring (bicyclic) bond motifs is 1. The van der Waals surface area contributed by atoms with Crippen molar-refractivity contribution in [3.05, 3.63) is 48.0 Å². The Balaban J connectivity index is 1.96. The first kappa shape index (κ1) is 12.3. The van der Waals surface area contributed by atoms with Crippen LogP contribution in [-0.4, -0.2) is 19.2 Å². The van der Waals surface area contributed by atoms with E-state index >= 15 is 0 Å². The molecule has 1 aliphatic rings. The normalized spacial score (nSPS) is 20.6. The van der Waals surface area contributed by atoms with Crippen molar-refractivity contribution in [2.75, 3.05) is 13.2 Å². The van der Waals surface area contributed by atoms with E-state index in [0.717, 1.165) is 26.0 Å². The Kier molecular flexibility index (Phi) is 4.35. The molecule has 0 amide bonds. The standard InChI is InChI=1S/C15H21NO/c1-3-6-12(2)16-11-15-14-8-5-4-7-13(14)9-10-17-15/h3-5,7-8,12,15-16H,1,6,9-11H2,2H3. The van der Waals surface area contributed by atoms with Crippen molar-refractivity contribution in [3.8, 4) is 0 Å². The summed E-state index contributed by atoms with van der Waals surface area (Å²) in [4.78, 5) is 0. The van der Waals surface area contributed by atoms with Crippen LogP contribution >= 0.6 is 0 Å². The number of ether oxygens (including phenoxy) is 1. The molecule has 0 radical (unpaired) electrons. The zero-order chi connectivity index (χ0) is 12.1. The largest absolute Gasteiger partial charge is 0.372 e. The van der Waals surface area contributed by atoms with Gasteiger partial charge < -0.3 is 10.1 Å². The van der Waals surface area contributed by atoms with Crippen LogP contribution in [-0.2, 0) is 11.2 Å². The SMILES string of the molecule is C=CCC(C)NCC1OCCc2ccccc21. The second-order valence-electron chi connectivity index (χ2n) is 4.64. The summed E-state index contributed by atoms with van der Waals surface area (Å²) >= 11 is 0. The molecule has 1 aromatic carbocycles. The van der Waals surface area contributed by atoms with E-state index in [0.29, 0.717) is 6.04 Å². The van der Waals surface area contributed by atoms with Gasteiger partial charge in [0, 0.05) is 12.6 Å². The fourth-order valence-electron chi connectivity index (χ4n) is 2.29. The third kappa shape index (κ3) is 3.18. The van der Waals surface area contributed by atoms with Crippen molar-refractivity contribution in [1.82, 2.24) is 5.32 Å². The predicted molar refractivity (Wildman–Crippen MR) is 71.1 cm³/mol. The van der Waals surface area contributed by atoms with E-state index in [1.165, 1.54) is 11.1 Å². The maximum absolute atomic E-state index is 5.84. The average molecular weight is 231 g/mol. The monoisotopic (exact) mass is 231 g/mol. The number of rotatable bonds is 5. The average Bonchev–Trinajstić information content (AvgIpc) is 2.36. The van der Waals surface area contributed by atoms with E-state index in [1.807, 2.05) is 6.08 Å². The minimum atomic E-state index is 0.201. The van der Waals surface area contributed by atoms with Gasteiger partial charge in [-0.1, -0.05) is 30.3 Å². The summed E-state index contributed by atoms with van der Waals surface area (Å²) in [5, 5.41) is 3.50. The van der Waals surface area contributed by atoms with Gasteiger partial charge in [0.1, 0.15) is 0 Å². The van der Waals surface area contributed by atoms with E-state index < -0.39 is 0 Å². The second-order valence-corrected chi connectivity index (χ2v) is 4.64. The van der Waals surface area contributed by atoms with Crippen molar-refractivity contribution in [3.63, 3.8) is 0 Å². The maximum Gasteiger partial charge on any atom is 0.0952 e. The minimum absolute atomic E-state index is 0.201. The van der Waals surface area contributed by atoms with Crippen molar-refractivity contribution < 1.29 is 4.74 Å². The third-order valence-corrected chi connectivity index (χ3v) is 3.26. The first-order chi connectivity index (χ1) is 8.31. The van der Waals surface area contributed by atoms with E-state index in [1.54, 1.807) is 0 Å². The predicted octanol–water partition coefficient (Wildman–Crippen LogP) is 2.85. The van der Waals surface area contributed by atoms with Gasteiger partial charge in [0.25, 0.3) is 0 Å². The lowest BCUT2D eigenvalue weighted by molar-refractivity contribution is 0.0410. The quantitative estimate of drug-likeness (QED) is 0.787. The van der Waals surface area contributed by atoms with Crippen LogP contribution in [0.1, 0.15) is 30.6 Å². The smallest absolute Gasteiger partial charge is 0.0952 e. The van der Waals surface area contributed by atoms with Crippen LogP contribution in [0.5, 0.6) is 0 Å². The Hall–Kier alpha value is -1.12. The van der Waals surface area contributed by atoms with Crippen LogP contribution in [0.15, 0.2) is 36.9 Å². The molecule has 0 saturated heterocycles. The third-order valence-electron chi connectivity index (χ3n) is 3.26. The molecule has 0 spiro atoms. The van der Waals surface area contributed by atoms with Gasteiger partial charge >= 0.3 is 0 Å². The Morgan fingerprint density at radius 2 is 2.35 bits per heavy atom. The van der Waals surface area contributed by atoms with Crippen LogP contribution in [0, 0.1) is 0 Å². The maximum atomic E-state index is 5.84. The van der Waals surface area contributed by atoms with E-state index in [-0.39, 0.29) is 6.10 Å². The molecule has 2 nitrogen and oxygen atoms in total. The second kappa shape index (κ2) is 5.99. The molecule has 0 aliphatic carbocycles. The fourth-order valence-corrected chi connectivity index (χ4v) is 2.29. The highest BCUT2D eigenvalue weighted by Gasteiger charge is 2.20. The molecule has 0 fully saturated rings. The first-order valence-electron chi connectivity index (χ1n) is 6.35. The molecule has 0 aromatic heterocycles. The molecular formula is C15H21NO. The molecule has 1 heterocycles. The van der Waals surface area contributed by atoms with E-state index in [9.17, 15) is 0 Å². The minimum Gasteiger partial charge on any atom is -0.372 e. The van der Waals surface area contributed by atoms with Crippen LogP contribution in [0.25, 0.3) is 0 Å². The highest BCUT2D eigenvalue weighted by molar-refractivity contribution is 5.31. The highest BCUT2D eigenvalue weighted by atomic mass is 16.5. The summed E-state index contributed by atoms with van der Waals surface area (Å²) in [6.45, 7) is 7.65.